The monoisotopic (exact) mass is 253 g/mol. The zero-order valence-corrected chi connectivity index (χ0v) is 11.6. The molecule has 0 bridgehead atoms. The Bertz CT molecular complexity index is 260. The fraction of sp³-hybridized carbons (Fsp3) is 0.929. The van der Waals surface area contributed by atoms with E-state index in [4.69, 9.17) is 0 Å². The molecule has 1 saturated heterocycles. The number of rotatable bonds is 7. The summed E-state index contributed by atoms with van der Waals surface area (Å²) in [5, 5.41) is 6.27. The quantitative estimate of drug-likeness (QED) is 0.711. The van der Waals surface area contributed by atoms with Crippen molar-refractivity contribution in [3.63, 3.8) is 0 Å². The van der Waals surface area contributed by atoms with Crippen molar-refractivity contribution in [2.75, 3.05) is 32.7 Å². The van der Waals surface area contributed by atoms with Crippen LogP contribution in [0, 0.1) is 5.92 Å². The molecule has 2 fully saturated rings. The van der Waals surface area contributed by atoms with Crippen LogP contribution in [-0.2, 0) is 4.79 Å². The topological polar surface area (TPSA) is 44.4 Å². The second-order valence-electron chi connectivity index (χ2n) is 5.93. The van der Waals surface area contributed by atoms with Crippen molar-refractivity contribution in [1.82, 2.24) is 15.5 Å². The molecule has 2 aliphatic rings. The van der Waals surface area contributed by atoms with E-state index in [0.29, 0.717) is 18.5 Å². The lowest BCUT2D eigenvalue weighted by molar-refractivity contribution is -0.120. The first-order valence-electron chi connectivity index (χ1n) is 7.46. The van der Waals surface area contributed by atoms with Crippen LogP contribution >= 0.6 is 0 Å². The van der Waals surface area contributed by atoms with Crippen molar-refractivity contribution < 1.29 is 4.79 Å². The lowest BCUT2D eigenvalue weighted by atomic mass is 10.1. The van der Waals surface area contributed by atoms with Crippen LogP contribution in [0.5, 0.6) is 0 Å². The molecule has 104 valence electrons. The van der Waals surface area contributed by atoms with Crippen LogP contribution in [0.1, 0.15) is 39.0 Å². The Morgan fingerprint density at radius 3 is 2.67 bits per heavy atom. The van der Waals surface area contributed by atoms with E-state index < -0.39 is 0 Å². The van der Waals surface area contributed by atoms with Gasteiger partial charge >= 0.3 is 0 Å². The van der Waals surface area contributed by atoms with Crippen molar-refractivity contribution in [1.29, 1.82) is 0 Å². The smallest absolute Gasteiger partial charge is 0.233 e. The SMILES string of the molecule is CC(CNC(=O)CNC1CC1)CN1CCCCC1. The van der Waals surface area contributed by atoms with Crippen LogP contribution in [0.2, 0.25) is 0 Å². The number of carbonyl (C=O) groups is 1. The molecule has 18 heavy (non-hydrogen) atoms. The molecule has 0 aromatic carbocycles. The van der Waals surface area contributed by atoms with Gasteiger partial charge in [-0.1, -0.05) is 13.3 Å². The molecule has 1 amide bonds. The summed E-state index contributed by atoms with van der Waals surface area (Å²) in [6, 6.07) is 0.613. The molecule has 1 saturated carbocycles. The second-order valence-corrected chi connectivity index (χ2v) is 5.93. The normalized spacial score (nSPS) is 22.7. The molecule has 1 heterocycles. The first kappa shape index (κ1) is 13.8. The van der Waals surface area contributed by atoms with Gasteiger partial charge in [-0.2, -0.15) is 0 Å². The minimum atomic E-state index is 0.146. The van der Waals surface area contributed by atoms with Gasteiger partial charge in [-0.15, -0.1) is 0 Å². The number of carbonyl (C=O) groups excluding carboxylic acids is 1. The number of piperidine rings is 1. The summed E-state index contributed by atoms with van der Waals surface area (Å²) in [6.45, 7) is 7.12. The lowest BCUT2D eigenvalue weighted by Gasteiger charge is -2.29. The van der Waals surface area contributed by atoms with Gasteiger partial charge in [-0.05, 0) is 44.7 Å². The molecular weight excluding hydrogens is 226 g/mol. The average Bonchev–Trinajstić information content (AvgIpc) is 3.19. The van der Waals surface area contributed by atoms with Crippen molar-refractivity contribution in [3.8, 4) is 0 Å². The number of hydrogen-bond acceptors (Lipinski definition) is 3. The highest BCUT2D eigenvalue weighted by Gasteiger charge is 2.21. The molecular formula is C14H27N3O. The lowest BCUT2D eigenvalue weighted by Crippen LogP contribution is -2.40. The van der Waals surface area contributed by atoms with Crippen LogP contribution in [0.3, 0.4) is 0 Å². The van der Waals surface area contributed by atoms with Crippen LogP contribution in [0.15, 0.2) is 0 Å². The van der Waals surface area contributed by atoms with Crippen molar-refractivity contribution in [2.45, 2.75) is 45.1 Å². The minimum absolute atomic E-state index is 0.146. The summed E-state index contributed by atoms with van der Waals surface area (Å²) >= 11 is 0. The van der Waals surface area contributed by atoms with Gasteiger partial charge in [0.2, 0.25) is 5.91 Å². The fourth-order valence-corrected chi connectivity index (χ4v) is 2.52. The van der Waals surface area contributed by atoms with Gasteiger partial charge in [0.05, 0.1) is 6.54 Å². The number of nitrogens with zero attached hydrogens (tertiary/aromatic N) is 1. The molecule has 0 spiro atoms. The molecule has 1 aliphatic carbocycles. The van der Waals surface area contributed by atoms with Crippen molar-refractivity contribution >= 4 is 5.91 Å². The van der Waals surface area contributed by atoms with Gasteiger partial charge in [0.15, 0.2) is 0 Å². The Morgan fingerprint density at radius 2 is 2.00 bits per heavy atom. The number of amides is 1. The maximum atomic E-state index is 11.6. The van der Waals surface area contributed by atoms with Crippen LogP contribution < -0.4 is 10.6 Å². The average molecular weight is 253 g/mol. The van der Waals surface area contributed by atoms with Gasteiger partial charge < -0.3 is 15.5 Å². The van der Waals surface area contributed by atoms with Gasteiger partial charge in [-0.25, -0.2) is 0 Å². The van der Waals surface area contributed by atoms with Crippen LogP contribution in [0.25, 0.3) is 0 Å². The van der Waals surface area contributed by atoms with Crippen molar-refractivity contribution in [2.24, 2.45) is 5.92 Å². The standard InChI is InChI=1S/C14H27N3O/c1-12(11-17-7-3-2-4-8-17)9-16-14(18)10-15-13-5-6-13/h12-13,15H,2-11H2,1H3,(H,16,18). The highest BCUT2D eigenvalue weighted by Crippen LogP contribution is 2.17. The summed E-state index contributed by atoms with van der Waals surface area (Å²) in [6.07, 6.45) is 6.53. The Balaban J connectivity index is 1.52. The molecule has 2 N–H and O–H groups in total. The Labute approximate surface area is 110 Å². The summed E-state index contributed by atoms with van der Waals surface area (Å²) in [5.74, 6) is 0.695. The Morgan fingerprint density at radius 1 is 1.28 bits per heavy atom. The largest absolute Gasteiger partial charge is 0.355 e. The third-order valence-electron chi connectivity index (χ3n) is 3.79. The fourth-order valence-electron chi connectivity index (χ4n) is 2.52. The maximum absolute atomic E-state index is 11.6. The summed E-state index contributed by atoms with van der Waals surface area (Å²) < 4.78 is 0. The van der Waals surface area contributed by atoms with E-state index in [1.165, 1.54) is 45.2 Å². The molecule has 4 nitrogen and oxygen atoms in total. The summed E-state index contributed by atoms with van der Waals surface area (Å²) in [5.41, 5.74) is 0. The maximum Gasteiger partial charge on any atom is 0.233 e. The van der Waals surface area contributed by atoms with E-state index in [2.05, 4.69) is 22.5 Å². The zero-order valence-electron chi connectivity index (χ0n) is 11.6. The third-order valence-corrected chi connectivity index (χ3v) is 3.79. The molecule has 4 heteroatoms. The minimum Gasteiger partial charge on any atom is -0.355 e. The molecule has 2 rings (SSSR count). The molecule has 0 radical (unpaired) electrons. The molecule has 1 unspecified atom stereocenters. The summed E-state index contributed by atoms with van der Waals surface area (Å²) in [4.78, 5) is 14.1. The number of nitrogens with one attached hydrogen (secondary N) is 2. The van der Waals surface area contributed by atoms with Gasteiger partial charge in [0.25, 0.3) is 0 Å². The van der Waals surface area contributed by atoms with Gasteiger partial charge in [-0.3, -0.25) is 4.79 Å². The first-order valence-corrected chi connectivity index (χ1v) is 7.46. The van der Waals surface area contributed by atoms with Gasteiger partial charge in [0.1, 0.15) is 0 Å². The highest BCUT2D eigenvalue weighted by molar-refractivity contribution is 5.78. The predicted octanol–water partition coefficient (Wildman–Crippen LogP) is 0.977. The van der Waals surface area contributed by atoms with E-state index in [1.54, 1.807) is 0 Å². The van der Waals surface area contributed by atoms with E-state index in [-0.39, 0.29) is 5.91 Å². The molecule has 0 aromatic heterocycles. The Hall–Kier alpha value is -0.610. The van der Waals surface area contributed by atoms with E-state index in [9.17, 15) is 4.79 Å². The van der Waals surface area contributed by atoms with Gasteiger partial charge in [0, 0.05) is 19.1 Å². The molecule has 1 atom stereocenters. The number of hydrogen-bond donors (Lipinski definition) is 2. The van der Waals surface area contributed by atoms with E-state index in [0.717, 1.165) is 13.1 Å². The molecule has 0 aromatic rings. The first-order chi connectivity index (χ1) is 8.74. The predicted molar refractivity (Wildman–Crippen MR) is 73.5 cm³/mol. The Kier molecular flexibility index (Phi) is 5.45. The zero-order chi connectivity index (χ0) is 12.8. The van der Waals surface area contributed by atoms with Crippen LogP contribution in [-0.4, -0.2) is 49.6 Å². The van der Waals surface area contributed by atoms with E-state index in [1.807, 2.05) is 0 Å². The second kappa shape index (κ2) is 7.10. The third kappa shape index (κ3) is 5.36. The van der Waals surface area contributed by atoms with E-state index >= 15 is 0 Å². The van der Waals surface area contributed by atoms with Crippen molar-refractivity contribution in [3.05, 3.63) is 0 Å². The summed E-state index contributed by atoms with van der Waals surface area (Å²) in [7, 11) is 0. The number of likely N-dealkylation sites (tertiary alicyclic amines) is 1. The highest BCUT2D eigenvalue weighted by atomic mass is 16.1. The van der Waals surface area contributed by atoms with Crippen LogP contribution in [0.4, 0.5) is 0 Å². The molecule has 1 aliphatic heterocycles.